The minimum atomic E-state index is -2.40. The number of amides is 2. The van der Waals surface area contributed by atoms with Crippen LogP contribution in [0.25, 0.3) is 0 Å². The van der Waals surface area contributed by atoms with Crippen LogP contribution in [0, 0.1) is 5.92 Å². The van der Waals surface area contributed by atoms with Gasteiger partial charge in [-0.05, 0) is 87.9 Å². The van der Waals surface area contributed by atoms with Crippen LogP contribution in [0.2, 0.25) is 18.6 Å². The number of nitrogens with zero attached hydrogens (tertiary/aromatic N) is 5. The zero-order chi connectivity index (χ0) is 41.2. The molecule has 3 aliphatic rings. The molecule has 2 amide bonds. The SMILES string of the molecule is COc1ccc([Si](C)(C)[C@@H]2[C@@H](CCn3cc(C(CO)c4ccccc4)nn3)O[C@]3(C(=O)N(C/C=C(\C)CCC=C(C)C)c4ccc(N5CCCC5=O)cc43)[C@H]2C)cc1. The Balaban J connectivity index is 1.27. The first kappa shape index (κ1) is 41.3. The van der Waals surface area contributed by atoms with E-state index < -0.39 is 13.7 Å². The maximum Gasteiger partial charge on any atom is 0.264 e. The molecule has 0 bridgehead atoms. The number of carbonyl (C=O) groups excluding carboxylic acids is 2. The molecular formula is C47H59N5O5Si. The molecule has 3 aliphatic heterocycles. The first-order chi connectivity index (χ1) is 27.9. The van der Waals surface area contributed by atoms with E-state index in [4.69, 9.17) is 9.47 Å². The number of hydrogen-bond acceptors (Lipinski definition) is 7. The van der Waals surface area contributed by atoms with E-state index in [2.05, 4.69) is 81.5 Å². The Morgan fingerprint density at radius 1 is 1.05 bits per heavy atom. The summed E-state index contributed by atoms with van der Waals surface area (Å²) in [6, 6.07) is 24.4. The number of aromatic nitrogens is 3. The maximum atomic E-state index is 15.4. The lowest BCUT2D eigenvalue weighted by Crippen LogP contribution is -2.52. The summed E-state index contributed by atoms with van der Waals surface area (Å²) in [7, 11) is -0.716. The van der Waals surface area contributed by atoms with Crippen LogP contribution in [0.4, 0.5) is 11.4 Å². The third-order valence-electron chi connectivity index (χ3n) is 12.9. The van der Waals surface area contributed by atoms with E-state index in [1.54, 1.807) is 7.11 Å². The summed E-state index contributed by atoms with van der Waals surface area (Å²) in [5, 5.41) is 20.6. The van der Waals surface area contributed by atoms with Crippen molar-refractivity contribution in [1.82, 2.24) is 15.0 Å². The number of anilines is 2. The van der Waals surface area contributed by atoms with Crippen LogP contribution >= 0.6 is 0 Å². The summed E-state index contributed by atoms with van der Waals surface area (Å²) in [4.78, 5) is 32.2. The van der Waals surface area contributed by atoms with Crippen molar-refractivity contribution in [1.29, 1.82) is 0 Å². The second kappa shape index (κ2) is 17.2. The number of ether oxygens (including phenoxy) is 2. The highest BCUT2D eigenvalue weighted by atomic mass is 28.3. The molecule has 7 rings (SSSR count). The lowest BCUT2D eigenvalue weighted by Gasteiger charge is -2.37. The zero-order valence-corrected chi connectivity index (χ0v) is 36.1. The predicted octanol–water partition coefficient (Wildman–Crippen LogP) is 7.88. The number of allylic oxidation sites excluding steroid dienone is 3. The third-order valence-corrected chi connectivity index (χ3v) is 17.2. The quantitative estimate of drug-likeness (QED) is 0.0963. The molecule has 1 N–H and O–H groups in total. The van der Waals surface area contributed by atoms with Gasteiger partial charge >= 0.3 is 0 Å². The number of carbonyl (C=O) groups is 2. The number of fused-ring (bicyclic) bond motifs is 2. The molecule has 1 unspecified atom stereocenters. The van der Waals surface area contributed by atoms with E-state index in [0.717, 1.165) is 47.5 Å². The maximum absolute atomic E-state index is 15.4. The predicted molar refractivity (Wildman–Crippen MR) is 232 cm³/mol. The summed E-state index contributed by atoms with van der Waals surface area (Å²) in [5.74, 6) is 0.400. The molecule has 1 aromatic heterocycles. The normalized spacial score (nSPS) is 22.6. The highest BCUT2D eigenvalue weighted by molar-refractivity contribution is 6.91. The number of aliphatic hydroxyl groups is 1. The first-order valence-corrected chi connectivity index (χ1v) is 23.9. The van der Waals surface area contributed by atoms with Gasteiger partial charge in [0.2, 0.25) is 5.91 Å². The fraction of sp³-hybridized carbons (Fsp3) is 0.447. The second-order valence-corrected chi connectivity index (χ2v) is 21.8. The van der Waals surface area contributed by atoms with Crippen LogP contribution in [-0.2, 0) is 26.5 Å². The fourth-order valence-corrected chi connectivity index (χ4v) is 13.7. The van der Waals surface area contributed by atoms with Crippen LogP contribution in [-0.4, -0.2) is 72.9 Å². The minimum Gasteiger partial charge on any atom is -0.497 e. The van der Waals surface area contributed by atoms with Crippen LogP contribution in [0.5, 0.6) is 5.75 Å². The summed E-state index contributed by atoms with van der Waals surface area (Å²) in [6.45, 7) is 14.9. The smallest absolute Gasteiger partial charge is 0.264 e. The molecule has 1 spiro atoms. The average molecular weight is 802 g/mol. The van der Waals surface area contributed by atoms with E-state index in [0.29, 0.717) is 38.2 Å². The van der Waals surface area contributed by atoms with Gasteiger partial charge in [0.15, 0.2) is 5.60 Å². The van der Waals surface area contributed by atoms with E-state index >= 15 is 4.79 Å². The molecule has 0 radical (unpaired) electrons. The van der Waals surface area contributed by atoms with Crippen molar-refractivity contribution in [3.8, 4) is 5.75 Å². The molecule has 11 heteroatoms. The summed E-state index contributed by atoms with van der Waals surface area (Å²) < 4.78 is 14.8. The number of aryl methyl sites for hydroxylation is 1. The molecule has 306 valence electrons. The van der Waals surface area contributed by atoms with Gasteiger partial charge in [-0.1, -0.05) is 96.2 Å². The largest absolute Gasteiger partial charge is 0.497 e. The van der Waals surface area contributed by atoms with Crippen molar-refractivity contribution in [2.75, 3.05) is 36.6 Å². The topological polar surface area (TPSA) is 110 Å². The summed E-state index contributed by atoms with van der Waals surface area (Å²) in [5.41, 5.74) is 5.53. The van der Waals surface area contributed by atoms with Gasteiger partial charge in [-0.2, -0.15) is 0 Å². The Morgan fingerprint density at radius 2 is 1.81 bits per heavy atom. The molecule has 2 fully saturated rings. The van der Waals surface area contributed by atoms with Gasteiger partial charge in [-0.15, -0.1) is 5.10 Å². The summed E-state index contributed by atoms with van der Waals surface area (Å²) >= 11 is 0. The Morgan fingerprint density at radius 3 is 2.48 bits per heavy atom. The Labute approximate surface area is 344 Å². The van der Waals surface area contributed by atoms with Gasteiger partial charge in [-0.3, -0.25) is 14.3 Å². The molecule has 0 aliphatic carbocycles. The second-order valence-electron chi connectivity index (χ2n) is 17.1. The number of methoxy groups -OCH3 is 1. The molecule has 4 aromatic rings. The molecule has 5 atom stereocenters. The molecule has 58 heavy (non-hydrogen) atoms. The number of benzene rings is 3. The Kier molecular flexibility index (Phi) is 12.2. The van der Waals surface area contributed by atoms with Crippen LogP contribution in [0.15, 0.2) is 102 Å². The monoisotopic (exact) mass is 801 g/mol. The fourth-order valence-electron chi connectivity index (χ4n) is 9.68. The molecular weight excluding hydrogens is 743 g/mol. The molecule has 4 heterocycles. The van der Waals surface area contributed by atoms with Crippen molar-refractivity contribution < 1.29 is 24.2 Å². The van der Waals surface area contributed by atoms with E-state index in [1.165, 1.54) is 16.3 Å². The van der Waals surface area contributed by atoms with Gasteiger partial charge in [0.05, 0.1) is 45.2 Å². The third kappa shape index (κ3) is 7.84. The van der Waals surface area contributed by atoms with Crippen molar-refractivity contribution in [3.05, 3.63) is 119 Å². The Bertz CT molecular complexity index is 2160. The molecule has 2 saturated heterocycles. The van der Waals surface area contributed by atoms with Crippen molar-refractivity contribution >= 4 is 36.4 Å². The molecule has 3 aromatic carbocycles. The molecule has 0 saturated carbocycles. The lowest BCUT2D eigenvalue weighted by molar-refractivity contribution is -0.145. The highest BCUT2D eigenvalue weighted by Gasteiger charge is 2.66. The van der Waals surface area contributed by atoms with Crippen molar-refractivity contribution in [3.63, 3.8) is 0 Å². The van der Waals surface area contributed by atoms with Crippen LogP contribution < -0.4 is 19.7 Å². The minimum absolute atomic E-state index is 0.0357. The molecule has 10 nitrogen and oxygen atoms in total. The average Bonchev–Trinajstić information content (AvgIpc) is 3.99. The lowest BCUT2D eigenvalue weighted by atomic mass is 9.82. The van der Waals surface area contributed by atoms with E-state index in [1.807, 2.05) is 75.3 Å². The highest BCUT2D eigenvalue weighted by Crippen LogP contribution is 2.60. The van der Waals surface area contributed by atoms with E-state index in [-0.39, 0.29) is 41.9 Å². The van der Waals surface area contributed by atoms with Crippen molar-refractivity contribution in [2.24, 2.45) is 5.92 Å². The van der Waals surface area contributed by atoms with Crippen molar-refractivity contribution in [2.45, 2.75) is 103 Å². The van der Waals surface area contributed by atoms with Gasteiger partial charge in [-0.25, -0.2) is 0 Å². The van der Waals surface area contributed by atoms with Gasteiger partial charge in [0.25, 0.3) is 5.91 Å². The van der Waals surface area contributed by atoms with Crippen LogP contribution in [0.3, 0.4) is 0 Å². The van der Waals surface area contributed by atoms with E-state index in [9.17, 15) is 9.90 Å². The zero-order valence-electron chi connectivity index (χ0n) is 35.1. The number of rotatable bonds is 15. The standard InChI is InChI=1S/C47H59N5O5Si/c1-32(2)13-11-14-33(3)24-28-52-42-23-18-36(51-26-12-17-44(51)54)29-40(42)47(46(52)55)34(4)45(58(6,7)38-21-19-37(56-5)20-22-38)43(57-47)25-27-50-30-41(48-49-50)39(31-53)35-15-9-8-10-16-35/h8-10,13,15-16,18-24,29-30,34,39,43,45,53H,11-12,14,17,25-28,31H2,1-7H3/b33-24+/t34-,39?,43+,45-,47+/m0/s1. The first-order valence-electron chi connectivity index (χ1n) is 20.8. The van der Waals surface area contributed by atoms with Gasteiger partial charge in [0.1, 0.15) is 5.75 Å². The van der Waals surface area contributed by atoms with Crippen LogP contribution in [0.1, 0.15) is 82.5 Å². The Hall–Kier alpha value is -4.84. The van der Waals surface area contributed by atoms with Gasteiger partial charge < -0.3 is 24.4 Å². The number of aliphatic hydroxyl groups excluding tert-OH is 1. The van der Waals surface area contributed by atoms with Gasteiger partial charge in [0, 0.05) is 49.4 Å². The number of hydrogen-bond donors (Lipinski definition) is 1. The summed E-state index contributed by atoms with van der Waals surface area (Å²) in [6.07, 6.45) is 9.90.